The number of fused-ring (bicyclic) bond motifs is 1. The molecule has 0 bridgehead atoms. The summed E-state index contributed by atoms with van der Waals surface area (Å²) in [5.74, 6) is 0. The normalized spacial score (nSPS) is 23.2. The number of aromatic nitrogens is 3. The molecule has 0 amide bonds. The number of benzene rings is 1. The Balaban J connectivity index is 1.65. The molecule has 2 aromatic heterocycles. The fourth-order valence-electron chi connectivity index (χ4n) is 3.42. The van der Waals surface area contributed by atoms with Crippen LogP contribution >= 0.6 is 0 Å². The molecule has 1 aliphatic rings. The molecule has 0 radical (unpaired) electrons. The first-order valence-corrected chi connectivity index (χ1v) is 11.3. The number of nitro benzene ring substituents is 1. The van der Waals surface area contributed by atoms with Crippen LogP contribution in [0.5, 0.6) is 0 Å². The number of hydrogen-bond donors (Lipinski definition) is 3. The van der Waals surface area contributed by atoms with Crippen molar-refractivity contribution in [2.24, 2.45) is 0 Å². The molecule has 3 heterocycles. The van der Waals surface area contributed by atoms with E-state index < -0.39 is 36.1 Å². The van der Waals surface area contributed by atoms with Crippen LogP contribution in [0.4, 0.5) is 5.69 Å². The Kier molecular flexibility index (Phi) is 5.97. The van der Waals surface area contributed by atoms with Gasteiger partial charge in [0.2, 0.25) is 0 Å². The SMILES string of the molecule is N#Cc1cn(C2OC(CO)C(O)C2O)c2ncnc([Se]Cc3ccc([N+](=O)[O-])cc3)c12. The van der Waals surface area contributed by atoms with Crippen molar-refractivity contribution in [2.45, 2.75) is 29.9 Å². The van der Waals surface area contributed by atoms with Gasteiger partial charge >= 0.3 is 182 Å². The number of nitrogens with zero attached hydrogens (tertiary/aromatic N) is 5. The zero-order valence-corrected chi connectivity index (χ0v) is 17.6. The summed E-state index contributed by atoms with van der Waals surface area (Å²) in [6, 6.07) is 8.37. The monoisotopic (exact) mass is 491 g/mol. The van der Waals surface area contributed by atoms with Crippen molar-refractivity contribution in [1.82, 2.24) is 14.5 Å². The van der Waals surface area contributed by atoms with Crippen LogP contribution in [0.25, 0.3) is 11.0 Å². The molecule has 4 atom stereocenters. The minimum absolute atomic E-state index is 0.0167. The summed E-state index contributed by atoms with van der Waals surface area (Å²) in [4.78, 5) is 18.9. The molecule has 31 heavy (non-hydrogen) atoms. The van der Waals surface area contributed by atoms with E-state index in [1.807, 2.05) is 0 Å². The van der Waals surface area contributed by atoms with Crippen molar-refractivity contribution in [3.8, 4) is 6.07 Å². The fourth-order valence-corrected chi connectivity index (χ4v) is 5.44. The van der Waals surface area contributed by atoms with Crippen LogP contribution in [0.1, 0.15) is 17.4 Å². The van der Waals surface area contributed by atoms with E-state index in [1.54, 1.807) is 12.1 Å². The van der Waals surface area contributed by atoms with Crippen molar-refractivity contribution in [1.29, 1.82) is 5.26 Å². The summed E-state index contributed by atoms with van der Waals surface area (Å²) in [5.41, 5.74) is 1.60. The summed E-state index contributed by atoms with van der Waals surface area (Å²) in [5, 5.41) is 51.3. The van der Waals surface area contributed by atoms with Crippen LogP contribution in [0.3, 0.4) is 0 Å². The van der Waals surface area contributed by atoms with Gasteiger partial charge in [-0.25, -0.2) is 0 Å². The van der Waals surface area contributed by atoms with Crippen LogP contribution < -0.4 is 4.59 Å². The summed E-state index contributed by atoms with van der Waals surface area (Å²) >= 11 is -0.211. The Bertz CT molecular complexity index is 1160. The maximum atomic E-state index is 10.8. The molecule has 160 valence electrons. The Morgan fingerprint density at radius 1 is 1.26 bits per heavy atom. The van der Waals surface area contributed by atoms with Gasteiger partial charge in [-0.3, -0.25) is 0 Å². The Morgan fingerprint density at radius 3 is 2.61 bits per heavy atom. The van der Waals surface area contributed by atoms with Crippen molar-refractivity contribution >= 4 is 36.3 Å². The summed E-state index contributed by atoms with van der Waals surface area (Å²) in [6.07, 6.45) is -1.69. The zero-order chi connectivity index (χ0) is 22.1. The van der Waals surface area contributed by atoms with Crippen molar-refractivity contribution < 1.29 is 25.0 Å². The van der Waals surface area contributed by atoms with E-state index in [0.717, 1.165) is 5.56 Å². The van der Waals surface area contributed by atoms with Gasteiger partial charge in [0.25, 0.3) is 0 Å². The van der Waals surface area contributed by atoms with Crippen LogP contribution in [-0.4, -0.2) is 74.7 Å². The van der Waals surface area contributed by atoms with Gasteiger partial charge in [-0.15, -0.1) is 0 Å². The first-order valence-electron chi connectivity index (χ1n) is 9.18. The molecule has 0 spiro atoms. The molecule has 3 N–H and O–H groups in total. The molecule has 1 fully saturated rings. The molecule has 4 rings (SSSR count). The number of nitro groups is 1. The van der Waals surface area contributed by atoms with Crippen LogP contribution in [0.2, 0.25) is 0 Å². The number of non-ortho nitro benzene ring substituents is 1. The van der Waals surface area contributed by atoms with Gasteiger partial charge < -0.3 is 0 Å². The van der Waals surface area contributed by atoms with Crippen molar-refractivity contribution in [2.75, 3.05) is 6.61 Å². The number of hydrogen-bond acceptors (Lipinski definition) is 9. The maximum absolute atomic E-state index is 10.8. The molecule has 3 aromatic rings. The Hall–Kier alpha value is -2.91. The molecular formula is C19H17N5O6Se. The second-order valence-corrected chi connectivity index (χ2v) is 8.90. The quantitative estimate of drug-likeness (QED) is 0.231. The number of ether oxygens (including phenoxy) is 1. The predicted octanol–water partition coefficient (Wildman–Crippen LogP) is -0.648. The van der Waals surface area contributed by atoms with Gasteiger partial charge in [-0.2, -0.15) is 0 Å². The average molecular weight is 490 g/mol. The third kappa shape index (κ3) is 3.90. The topological polar surface area (TPSA) is 168 Å². The van der Waals surface area contributed by atoms with Crippen LogP contribution in [-0.2, 0) is 10.1 Å². The van der Waals surface area contributed by atoms with E-state index in [0.29, 0.717) is 26.5 Å². The number of aliphatic hydroxyl groups excluding tert-OH is 3. The van der Waals surface area contributed by atoms with E-state index in [-0.39, 0.29) is 20.6 Å². The summed E-state index contributed by atoms with van der Waals surface area (Å²) in [7, 11) is 0. The minimum atomic E-state index is -1.30. The molecule has 1 aliphatic heterocycles. The molecular weight excluding hydrogens is 473 g/mol. The molecule has 12 heteroatoms. The van der Waals surface area contributed by atoms with Gasteiger partial charge in [0.15, 0.2) is 0 Å². The summed E-state index contributed by atoms with van der Waals surface area (Å²) in [6.45, 7) is -0.461. The molecule has 0 aliphatic carbocycles. The average Bonchev–Trinajstić information content (AvgIpc) is 3.30. The number of nitriles is 1. The third-order valence-corrected chi connectivity index (χ3v) is 7.23. The predicted molar refractivity (Wildman–Crippen MR) is 107 cm³/mol. The second kappa shape index (κ2) is 8.68. The Morgan fingerprint density at radius 2 is 2.00 bits per heavy atom. The molecule has 4 unspecified atom stereocenters. The third-order valence-electron chi connectivity index (χ3n) is 5.01. The van der Waals surface area contributed by atoms with E-state index in [4.69, 9.17) is 4.74 Å². The molecule has 0 saturated carbocycles. The van der Waals surface area contributed by atoms with Crippen LogP contribution in [0.15, 0.2) is 36.8 Å². The van der Waals surface area contributed by atoms with E-state index in [1.165, 1.54) is 29.2 Å². The van der Waals surface area contributed by atoms with Crippen molar-refractivity contribution in [3.63, 3.8) is 0 Å². The first-order chi connectivity index (χ1) is 14.9. The standard InChI is InChI=1S/C19H17N5O6Se/c20-5-11-6-23(19-16(27)15(26)13(7-25)30-19)17-14(11)18(22-9-21-17)31-8-10-1-3-12(4-2-10)24(28)29/h1-4,6,9,13,15-16,19,25-27H,7-8H2. The van der Waals surface area contributed by atoms with Gasteiger partial charge in [0.1, 0.15) is 0 Å². The Labute approximate surface area is 181 Å². The van der Waals surface area contributed by atoms with Gasteiger partial charge in [-0.05, 0) is 0 Å². The van der Waals surface area contributed by atoms with E-state index in [9.17, 15) is 30.7 Å². The van der Waals surface area contributed by atoms with Gasteiger partial charge in [-0.1, -0.05) is 0 Å². The van der Waals surface area contributed by atoms with Gasteiger partial charge in [0, 0.05) is 0 Å². The number of rotatable bonds is 6. The fraction of sp³-hybridized carbons (Fsp3) is 0.316. The molecule has 1 aromatic carbocycles. The summed E-state index contributed by atoms with van der Waals surface area (Å²) < 4.78 is 7.72. The first kappa shape index (κ1) is 21.3. The molecule has 11 nitrogen and oxygen atoms in total. The second-order valence-electron chi connectivity index (χ2n) is 6.88. The number of aliphatic hydroxyl groups is 3. The van der Waals surface area contributed by atoms with Gasteiger partial charge in [0.05, 0.1) is 0 Å². The van der Waals surface area contributed by atoms with Crippen molar-refractivity contribution in [3.05, 3.63) is 58.0 Å². The van der Waals surface area contributed by atoms with E-state index >= 15 is 0 Å². The molecule has 1 saturated heterocycles. The zero-order valence-electron chi connectivity index (χ0n) is 15.9. The van der Waals surface area contributed by atoms with Crippen LogP contribution in [0, 0.1) is 21.4 Å². The van der Waals surface area contributed by atoms with E-state index in [2.05, 4.69) is 16.0 Å².